The maximum absolute atomic E-state index is 12.2. The molecule has 8 heteroatoms. The number of benzene rings is 2. The van der Waals surface area contributed by atoms with Crippen molar-refractivity contribution in [1.82, 2.24) is 5.32 Å². The zero-order valence-corrected chi connectivity index (χ0v) is 19.4. The van der Waals surface area contributed by atoms with Gasteiger partial charge in [0, 0.05) is 24.1 Å². The molecule has 0 spiro atoms. The standard InChI is InChI=1S/C24H22BrNO6/c1-14(2)13-26-23(28)18-11-16-6-7-17(12-21(16)32-24(18)29)31-22(27)9-5-15-4-8-20(30-3)19(25)10-15/h4-12,14H,13H2,1-3H3,(H,26,28)/b9-5+. The number of hydrogen-bond donors (Lipinski definition) is 1. The minimum Gasteiger partial charge on any atom is -0.496 e. The van der Waals surface area contributed by atoms with Gasteiger partial charge in [0.2, 0.25) is 0 Å². The lowest BCUT2D eigenvalue weighted by Crippen LogP contribution is -2.31. The summed E-state index contributed by atoms with van der Waals surface area (Å²) in [7, 11) is 1.57. The summed E-state index contributed by atoms with van der Waals surface area (Å²) in [6, 6.07) is 11.5. The van der Waals surface area contributed by atoms with Crippen LogP contribution < -0.4 is 20.4 Å². The molecule has 0 fully saturated rings. The van der Waals surface area contributed by atoms with Crippen molar-refractivity contribution in [3.05, 3.63) is 74.6 Å². The fraction of sp³-hybridized carbons (Fsp3) is 0.208. The first-order valence-electron chi connectivity index (χ1n) is 9.86. The summed E-state index contributed by atoms with van der Waals surface area (Å²) < 4.78 is 16.5. The molecule has 2 aromatic carbocycles. The zero-order valence-electron chi connectivity index (χ0n) is 17.8. The van der Waals surface area contributed by atoms with Crippen molar-refractivity contribution in [2.75, 3.05) is 13.7 Å². The second-order valence-electron chi connectivity index (χ2n) is 7.40. The van der Waals surface area contributed by atoms with Crippen molar-refractivity contribution >= 4 is 44.9 Å². The molecule has 1 N–H and O–H groups in total. The van der Waals surface area contributed by atoms with Crippen LogP contribution in [0.2, 0.25) is 0 Å². The second-order valence-corrected chi connectivity index (χ2v) is 8.25. The molecule has 1 heterocycles. The highest BCUT2D eigenvalue weighted by molar-refractivity contribution is 9.10. The topological polar surface area (TPSA) is 94.8 Å². The number of esters is 1. The molecule has 0 saturated carbocycles. The first-order chi connectivity index (χ1) is 15.3. The third-order valence-electron chi connectivity index (χ3n) is 4.43. The lowest BCUT2D eigenvalue weighted by Gasteiger charge is -2.08. The molecule has 3 rings (SSSR count). The molecule has 0 unspecified atom stereocenters. The molecule has 0 aliphatic rings. The Morgan fingerprint density at radius 3 is 2.62 bits per heavy atom. The molecule has 0 radical (unpaired) electrons. The highest BCUT2D eigenvalue weighted by Gasteiger charge is 2.14. The van der Waals surface area contributed by atoms with Gasteiger partial charge in [-0.3, -0.25) is 4.79 Å². The zero-order chi connectivity index (χ0) is 23.3. The third kappa shape index (κ3) is 5.85. The van der Waals surface area contributed by atoms with Crippen molar-refractivity contribution in [3.8, 4) is 11.5 Å². The summed E-state index contributed by atoms with van der Waals surface area (Å²) >= 11 is 3.39. The van der Waals surface area contributed by atoms with Gasteiger partial charge in [0.1, 0.15) is 22.6 Å². The van der Waals surface area contributed by atoms with Gasteiger partial charge in [-0.1, -0.05) is 19.9 Å². The van der Waals surface area contributed by atoms with Gasteiger partial charge in [-0.2, -0.15) is 0 Å². The molecule has 0 aliphatic heterocycles. The number of hydrogen-bond acceptors (Lipinski definition) is 6. The van der Waals surface area contributed by atoms with E-state index in [9.17, 15) is 14.4 Å². The second kappa shape index (κ2) is 10.3. The predicted octanol–water partition coefficient (Wildman–Crippen LogP) is 4.57. The van der Waals surface area contributed by atoms with E-state index in [1.54, 1.807) is 37.5 Å². The van der Waals surface area contributed by atoms with Crippen molar-refractivity contribution < 1.29 is 23.5 Å². The number of nitrogens with one attached hydrogen (secondary N) is 1. The summed E-state index contributed by atoms with van der Waals surface area (Å²) in [5, 5.41) is 3.23. The highest BCUT2D eigenvalue weighted by atomic mass is 79.9. The first kappa shape index (κ1) is 23.3. The predicted molar refractivity (Wildman–Crippen MR) is 125 cm³/mol. The number of amides is 1. The molecule has 166 valence electrons. The first-order valence-corrected chi connectivity index (χ1v) is 10.7. The number of halogens is 1. The summed E-state index contributed by atoms with van der Waals surface area (Å²) in [6.45, 7) is 4.36. The van der Waals surface area contributed by atoms with Crippen LogP contribution >= 0.6 is 15.9 Å². The molecule has 3 aromatic rings. The van der Waals surface area contributed by atoms with Crippen LogP contribution in [0.1, 0.15) is 29.8 Å². The Morgan fingerprint density at radius 1 is 1.16 bits per heavy atom. The molecule has 1 aromatic heterocycles. The fourth-order valence-electron chi connectivity index (χ4n) is 2.81. The molecule has 0 saturated heterocycles. The Labute approximate surface area is 193 Å². The van der Waals surface area contributed by atoms with E-state index in [0.717, 1.165) is 10.0 Å². The lowest BCUT2D eigenvalue weighted by atomic mass is 10.1. The molecule has 1 amide bonds. The van der Waals surface area contributed by atoms with Gasteiger partial charge in [0.15, 0.2) is 0 Å². The Balaban J connectivity index is 1.73. The molecule has 32 heavy (non-hydrogen) atoms. The van der Waals surface area contributed by atoms with Crippen molar-refractivity contribution in [3.63, 3.8) is 0 Å². The maximum atomic E-state index is 12.2. The summed E-state index contributed by atoms with van der Waals surface area (Å²) in [4.78, 5) is 36.6. The van der Waals surface area contributed by atoms with Gasteiger partial charge >= 0.3 is 11.6 Å². The van der Waals surface area contributed by atoms with Gasteiger partial charge in [0.05, 0.1) is 11.6 Å². The Kier molecular flexibility index (Phi) is 7.48. The number of ether oxygens (including phenoxy) is 2. The van der Waals surface area contributed by atoms with Crippen LogP contribution in [0.4, 0.5) is 0 Å². The van der Waals surface area contributed by atoms with Gasteiger partial charge in [-0.15, -0.1) is 0 Å². The minimum atomic E-state index is -0.757. The third-order valence-corrected chi connectivity index (χ3v) is 5.05. The highest BCUT2D eigenvalue weighted by Crippen LogP contribution is 2.26. The quantitative estimate of drug-likeness (QED) is 0.221. The number of methoxy groups -OCH3 is 1. The van der Waals surface area contributed by atoms with Crippen LogP contribution in [0.5, 0.6) is 11.5 Å². The van der Waals surface area contributed by atoms with E-state index in [0.29, 0.717) is 17.7 Å². The van der Waals surface area contributed by atoms with Gasteiger partial charge in [0.25, 0.3) is 5.91 Å². The Bertz CT molecular complexity index is 1240. The van der Waals surface area contributed by atoms with Crippen molar-refractivity contribution in [2.24, 2.45) is 5.92 Å². The molecular formula is C24H22BrNO6. The molecular weight excluding hydrogens is 478 g/mol. The van der Waals surface area contributed by atoms with Gasteiger partial charge in [-0.25, -0.2) is 9.59 Å². The Morgan fingerprint density at radius 2 is 1.94 bits per heavy atom. The monoisotopic (exact) mass is 499 g/mol. The van der Waals surface area contributed by atoms with Crippen molar-refractivity contribution in [2.45, 2.75) is 13.8 Å². The largest absolute Gasteiger partial charge is 0.496 e. The van der Waals surface area contributed by atoms with Crippen LogP contribution in [0.3, 0.4) is 0 Å². The number of carbonyl (C=O) groups excluding carboxylic acids is 2. The fourth-order valence-corrected chi connectivity index (χ4v) is 3.36. The van der Waals surface area contributed by atoms with Gasteiger partial charge < -0.3 is 19.2 Å². The smallest absolute Gasteiger partial charge is 0.349 e. The van der Waals surface area contributed by atoms with Gasteiger partial charge in [-0.05, 0) is 63.8 Å². The van der Waals surface area contributed by atoms with Crippen LogP contribution in [-0.2, 0) is 4.79 Å². The van der Waals surface area contributed by atoms with E-state index >= 15 is 0 Å². The van der Waals surface area contributed by atoms with Crippen LogP contribution in [0.25, 0.3) is 17.0 Å². The van der Waals surface area contributed by atoms with E-state index < -0.39 is 17.5 Å². The lowest BCUT2D eigenvalue weighted by molar-refractivity contribution is -0.128. The average molecular weight is 500 g/mol. The van der Waals surface area contributed by atoms with E-state index in [4.69, 9.17) is 13.9 Å². The Hall–Kier alpha value is -3.39. The number of carbonyl (C=O) groups is 2. The SMILES string of the molecule is COc1ccc(/C=C/C(=O)Oc2ccc3cc(C(=O)NCC(C)C)c(=O)oc3c2)cc1Br. The van der Waals surface area contributed by atoms with E-state index in [1.165, 1.54) is 18.2 Å². The summed E-state index contributed by atoms with van der Waals surface area (Å²) in [6.07, 6.45) is 2.90. The number of fused-ring (bicyclic) bond motifs is 1. The molecule has 0 atom stereocenters. The summed E-state index contributed by atoms with van der Waals surface area (Å²) in [5.74, 6) is 0.0682. The molecule has 0 bridgehead atoms. The summed E-state index contributed by atoms with van der Waals surface area (Å²) in [5.41, 5.74) is 0.162. The average Bonchev–Trinajstić information content (AvgIpc) is 2.75. The van der Waals surface area contributed by atoms with Crippen LogP contribution in [0, 0.1) is 5.92 Å². The van der Waals surface area contributed by atoms with E-state index in [2.05, 4.69) is 21.2 Å². The van der Waals surface area contributed by atoms with Crippen molar-refractivity contribution in [1.29, 1.82) is 0 Å². The van der Waals surface area contributed by atoms with E-state index in [-0.39, 0.29) is 22.8 Å². The number of rotatable bonds is 7. The maximum Gasteiger partial charge on any atom is 0.349 e. The normalized spacial score (nSPS) is 11.2. The molecule has 0 aliphatic carbocycles. The van der Waals surface area contributed by atoms with Crippen LogP contribution in [-0.4, -0.2) is 25.5 Å². The van der Waals surface area contributed by atoms with Crippen LogP contribution in [0.15, 0.2) is 62.2 Å². The van der Waals surface area contributed by atoms with E-state index in [1.807, 2.05) is 19.9 Å². The molecule has 7 nitrogen and oxygen atoms in total. The minimum absolute atomic E-state index is 0.0727.